The van der Waals surface area contributed by atoms with Crippen molar-refractivity contribution in [3.63, 3.8) is 0 Å². The highest BCUT2D eigenvalue weighted by Crippen LogP contribution is 2.18. The van der Waals surface area contributed by atoms with Crippen LogP contribution in [0, 0.1) is 6.92 Å². The summed E-state index contributed by atoms with van der Waals surface area (Å²) in [4.78, 5) is 16.3. The maximum absolute atomic E-state index is 12.1. The summed E-state index contributed by atoms with van der Waals surface area (Å²) in [5.41, 5.74) is 1.35. The van der Waals surface area contributed by atoms with Crippen molar-refractivity contribution in [1.82, 2.24) is 4.98 Å². The van der Waals surface area contributed by atoms with Gasteiger partial charge in [0, 0.05) is 10.0 Å². The van der Waals surface area contributed by atoms with E-state index < -0.39 is 0 Å². The van der Waals surface area contributed by atoms with Crippen LogP contribution in [0.25, 0.3) is 0 Å². The molecule has 4 nitrogen and oxygen atoms in total. The lowest BCUT2D eigenvalue weighted by Crippen LogP contribution is -2.13. The molecule has 0 aliphatic heterocycles. The number of hydrogen-bond donors (Lipinski definition) is 1. The van der Waals surface area contributed by atoms with Crippen molar-refractivity contribution < 1.29 is 9.53 Å². The van der Waals surface area contributed by atoms with Gasteiger partial charge in [0.2, 0.25) is 0 Å². The molecule has 0 fully saturated rings. The zero-order valence-corrected chi connectivity index (χ0v) is 12.2. The van der Waals surface area contributed by atoms with Crippen molar-refractivity contribution in [3.8, 4) is 5.75 Å². The number of aromatic nitrogens is 1. The number of carbonyl (C=O) groups excluding carboxylic acids is 1. The summed E-state index contributed by atoms with van der Waals surface area (Å²) in [6.07, 6.45) is 0. The lowest BCUT2D eigenvalue weighted by molar-refractivity contribution is 0.102. The molecule has 1 aromatic heterocycles. The quantitative estimate of drug-likeness (QED) is 0.942. The largest absolute Gasteiger partial charge is 0.497 e. The smallest absolute Gasteiger partial charge is 0.256 e. The second-order valence-corrected chi connectivity index (χ2v) is 4.80. The van der Waals surface area contributed by atoms with E-state index in [2.05, 4.69) is 26.2 Å². The number of rotatable bonds is 3. The zero-order chi connectivity index (χ0) is 13.8. The number of nitrogens with one attached hydrogen (secondary N) is 1. The predicted molar refractivity (Wildman–Crippen MR) is 77.6 cm³/mol. The van der Waals surface area contributed by atoms with E-state index in [4.69, 9.17) is 4.74 Å². The minimum absolute atomic E-state index is 0.215. The Morgan fingerprint density at radius 1 is 1.32 bits per heavy atom. The molecule has 0 unspecified atom stereocenters. The molecule has 1 heterocycles. The van der Waals surface area contributed by atoms with Crippen LogP contribution < -0.4 is 10.1 Å². The second-order valence-electron chi connectivity index (χ2n) is 3.95. The van der Waals surface area contributed by atoms with Crippen LogP contribution in [0.15, 0.2) is 40.9 Å². The maximum Gasteiger partial charge on any atom is 0.256 e. The Bertz CT molecular complexity index is 614. The molecule has 98 valence electrons. The molecule has 2 rings (SSSR count). The van der Waals surface area contributed by atoms with E-state index in [9.17, 15) is 4.79 Å². The molecule has 5 heteroatoms. The fraction of sp³-hybridized carbons (Fsp3) is 0.143. The van der Waals surface area contributed by atoms with Crippen LogP contribution in [-0.2, 0) is 0 Å². The molecule has 1 aromatic carbocycles. The van der Waals surface area contributed by atoms with Gasteiger partial charge in [-0.3, -0.25) is 4.79 Å². The number of ether oxygens (including phenoxy) is 1. The van der Waals surface area contributed by atoms with E-state index in [-0.39, 0.29) is 5.91 Å². The average molecular weight is 321 g/mol. The molecule has 0 radical (unpaired) electrons. The number of amides is 1. The molecule has 0 aliphatic rings. The highest BCUT2D eigenvalue weighted by molar-refractivity contribution is 9.10. The van der Waals surface area contributed by atoms with Gasteiger partial charge in [0.15, 0.2) is 0 Å². The van der Waals surface area contributed by atoms with Gasteiger partial charge in [-0.25, -0.2) is 4.98 Å². The van der Waals surface area contributed by atoms with Crippen molar-refractivity contribution in [3.05, 3.63) is 52.1 Å². The molecule has 2 aromatic rings. The first-order chi connectivity index (χ1) is 9.10. The number of hydrogen-bond acceptors (Lipinski definition) is 3. The van der Waals surface area contributed by atoms with Gasteiger partial charge in [0.25, 0.3) is 5.91 Å². The van der Waals surface area contributed by atoms with Gasteiger partial charge >= 0.3 is 0 Å². The van der Waals surface area contributed by atoms with Crippen molar-refractivity contribution in [2.75, 3.05) is 12.4 Å². The zero-order valence-electron chi connectivity index (χ0n) is 10.6. The van der Waals surface area contributed by atoms with Gasteiger partial charge in [-0.05, 0) is 53.2 Å². The number of benzene rings is 1. The molecule has 0 aliphatic carbocycles. The Hall–Kier alpha value is -1.88. The van der Waals surface area contributed by atoms with Crippen LogP contribution in [0.3, 0.4) is 0 Å². The molecule has 0 bridgehead atoms. The van der Waals surface area contributed by atoms with Crippen molar-refractivity contribution in [2.45, 2.75) is 6.92 Å². The predicted octanol–water partition coefficient (Wildman–Crippen LogP) is 3.41. The number of carbonyl (C=O) groups is 1. The topological polar surface area (TPSA) is 51.2 Å². The summed E-state index contributed by atoms with van der Waals surface area (Å²) in [6, 6.07) is 10.6. The molecule has 0 saturated carbocycles. The summed E-state index contributed by atoms with van der Waals surface area (Å²) in [5, 5.41) is 2.75. The summed E-state index contributed by atoms with van der Waals surface area (Å²) >= 11 is 3.37. The first-order valence-electron chi connectivity index (χ1n) is 5.68. The molecule has 19 heavy (non-hydrogen) atoms. The highest BCUT2D eigenvalue weighted by Gasteiger charge is 2.08. The minimum Gasteiger partial charge on any atom is -0.497 e. The van der Waals surface area contributed by atoms with Crippen LogP contribution >= 0.6 is 15.9 Å². The highest BCUT2D eigenvalue weighted by atomic mass is 79.9. The molecular formula is C14H13BrN2O2. The number of halogens is 1. The number of nitrogens with zero attached hydrogens (tertiary/aromatic N) is 1. The lowest BCUT2D eigenvalue weighted by Gasteiger charge is -2.07. The van der Waals surface area contributed by atoms with Gasteiger partial charge in [0.05, 0.1) is 12.8 Å². The minimum atomic E-state index is -0.215. The molecule has 0 saturated heterocycles. The normalized spacial score (nSPS) is 10.1. The Kier molecular flexibility index (Phi) is 4.16. The summed E-state index contributed by atoms with van der Waals surface area (Å²) in [6.45, 7) is 1.87. The van der Waals surface area contributed by atoms with Gasteiger partial charge in [-0.15, -0.1) is 0 Å². The average Bonchev–Trinajstić information content (AvgIpc) is 2.43. The molecule has 0 spiro atoms. The first kappa shape index (κ1) is 13.5. The third kappa shape index (κ3) is 3.32. The van der Waals surface area contributed by atoms with Gasteiger partial charge in [0.1, 0.15) is 11.6 Å². The van der Waals surface area contributed by atoms with E-state index in [1.54, 1.807) is 37.4 Å². The maximum atomic E-state index is 12.1. The van der Waals surface area contributed by atoms with Crippen molar-refractivity contribution >= 4 is 27.7 Å². The number of pyridine rings is 1. The Morgan fingerprint density at radius 2 is 2.11 bits per heavy atom. The standard InChI is InChI=1S/C14H13BrN2O2/c1-9-12(15)6-7-13(16-9)17-14(18)10-4-3-5-11(8-10)19-2/h3-8H,1-2H3,(H,16,17,18). The van der Waals surface area contributed by atoms with Crippen molar-refractivity contribution in [1.29, 1.82) is 0 Å². The second kappa shape index (κ2) is 5.84. The number of aryl methyl sites for hydroxylation is 1. The number of anilines is 1. The fourth-order valence-electron chi connectivity index (χ4n) is 1.57. The van der Waals surface area contributed by atoms with Gasteiger partial charge < -0.3 is 10.1 Å². The molecule has 0 atom stereocenters. The van der Waals surface area contributed by atoms with Crippen molar-refractivity contribution in [2.24, 2.45) is 0 Å². The lowest BCUT2D eigenvalue weighted by atomic mass is 10.2. The molecular weight excluding hydrogens is 308 g/mol. The van der Waals surface area contributed by atoms with E-state index in [0.717, 1.165) is 10.2 Å². The van der Waals surface area contributed by atoms with Gasteiger partial charge in [-0.2, -0.15) is 0 Å². The molecule has 1 N–H and O–H groups in total. The third-order valence-electron chi connectivity index (χ3n) is 2.59. The molecule has 1 amide bonds. The first-order valence-corrected chi connectivity index (χ1v) is 6.48. The van der Waals surface area contributed by atoms with Crippen LogP contribution in [-0.4, -0.2) is 18.0 Å². The van der Waals surface area contributed by atoms with Crippen LogP contribution in [0.1, 0.15) is 16.1 Å². The van der Waals surface area contributed by atoms with Gasteiger partial charge in [-0.1, -0.05) is 6.07 Å². The Labute approximate surface area is 119 Å². The monoisotopic (exact) mass is 320 g/mol. The summed E-state index contributed by atoms with van der Waals surface area (Å²) in [5.74, 6) is 0.953. The van der Waals surface area contributed by atoms with Crippen LogP contribution in [0.2, 0.25) is 0 Å². The summed E-state index contributed by atoms with van der Waals surface area (Å²) < 4.78 is 6.00. The van der Waals surface area contributed by atoms with Crippen LogP contribution in [0.5, 0.6) is 5.75 Å². The van der Waals surface area contributed by atoms with Crippen LogP contribution in [0.4, 0.5) is 5.82 Å². The SMILES string of the molecule is COc1cccc(C(=O)Nc2ccc(Br)c(C)n2)c1. The van der Waals surface area contributed by atoms with E-state index in [1.807, 2.05) is 13.0 Å². The Morgan fingerprint density at radius 3 is 2.79 bits per heavy atom. The van der Waals surface area contributed by atoms with E-state index in [1.165, 1.54) is 0 Å². The third-order valence-corrected chi connectivity index (χ3v) is 3.43. The summed E-state index contributed by atoms with van der Waals surface area (Å²) in [7, 11) is 1.57. The van der Waals surface area contributed by atoms with E-state index in [0.29, 0.717) is 17.1 Å². The fourth-order valence-corrected chi connectivity index (χ4v) is 1.79. The number of methoxy groups -OCH3 is 1. The van der Waals surface area contributed by atoms with E-state index >= 15 is 0 Å². The Balaban J connectivity index is 2.18.